The van der Waals surface area contributed by atoms with E-state index in [9.17, 15) is 9.50 Å². The molecular weight excluding hydrogens is 241 g/mol. The van der Waals surface area contributed by atoms with Crippen LogP contribution in [-0.4, -0.2) is 32.2 Å². The van der Waals surface area contributed by atoms with Crippen molar-refractivity contribution in [3.8, 4) is 17.8 Å². The highest BCUT2D eigenvalue weighted by Gasteiger charge is 2.19. The van der Waals surface area contributed by atoms with Crippen LogP contribution in [0.4, 0.5) is 4.39 Å². The van der Waals surface area contributed by atoms with Crippen molar-refractivity contribution >= 4 is 22.5 Å². The van der Waals surface area contributed by atoms with Gasteiger partial charge >= 0.3 is 6.01 Å². The number of aromatic hydroxyl groups is 2. The average molecular weight is 249 g/mol. The third kappa shape index (κ3) is 1.45. The van der Waals surface area contributed by atoms with Gasteiger partial charge in [-0.2, -0.15) is 15.0 Å². The van der Waals surface area contributed by atoms with E-state index in [4.69, 9.17) is 20.8 Å². The van der Waals surface area contributed by atoms with E-state index in [0.717, 1.165) is 0 Å². The predicted molar refractivity (Wildman–Crippen MR) is 52.2 cm³/mol. The number of halogens is 2. The number of nitrogens with zero attached hydrogens (tertiary/aromatic N) is 3. The zero-order valence-corrected chi connectivity index (χ0v) is 8.16. The molecule has 0 bridgehead atoms. The van der Waals surface area contributed by atoms with Crippen LogP contribution in [0, 0.1) is 5.82 Å². The van der Waals surface area contributed by atoms with Crippen LogP contribution in [0.5, 0.6) is 17.8 Å². The number of hydrogen-bond acceptors (Lipinski definition) is 6. The van der Waals surface area contributed by atoms with Crippen molar-refractivity contribution in [1.82, 2.24) is 15.0 Å². The third-order valence-electron chi connectivity index (χ3n) is 1.78. The number of hydrogen-bond donors (Lipinski definition) is 2. The molecule has 0 aliphatic heterocycles. The lowest BCUT2D eigenvalue weighted by molar-refractivity contribution is 0.387. The van der Waals surface area contributed by atoms with E-state index in [1.54, 1.807) is 0 Å². The first-order chi connectivity index (χ1) is 8.69. The summed E-state index contributed by atoms with van der Waals surface area (Å²) in [5.41, 5.74) is -0.607. The van der Waals surface area contributed by atoms with Gasteiger partial charge in [-0.25, -0.2) is 4.39 Å². The fourth-order valence-electron chi connectivity index (χ4n) is 1.16. The minimum Gasteiger partial charge on any atom is -0.493 e. The lowest BCUT2D eigenvalue weighted by Crippen LogP contribution is -1.97. The summed E-state index contributed by atoms with van der Waals surface area (Å²) in [4.78, 5) is 9.82. The Hall–Kier alpha value is -1.89. The van der Waals surface area contributed by atoms with E-state index in [0.29, 0.717) is 0 Å². The van der Waals surface area contributed by atoms with Gasteiger partial charge in [-0.05, 0) is 0 Å². The molecule has 0 unspecified atom stereocenters. The van der Waals surface area contributed by atoms with E-state index in [2.05, 4.69) is 19.7 Å². The third-order valence-corrected chi connectivity index (χ3v) is 2.03. The van der Waals surface area contributed by atoms with Gasteiger partial charge in [0.2, 0.25) is 11.8 Å². The molecule has 6 nitrogen and oxygen atoms in total. The number of rotatable bonds is 1. The first kappa shape index (κ1) is 7.39. The highest BCUT2D eigenvalue weighted by molar-refractivity contribution is 6.30. The molecule has 0 saturated carbocycles. The van der Waals surface area contributed by atoms with Crippen LogP contribution >= 0.6 is 11.6 Å². The second kappa shape index (κ2) is 3.60. The highest BCUT2D eigenvalue weighted by atomic mass is 35.5. The molecule has 2 N–H and O–H groups in total. The monoisotopic (exact) mass is 248 g/mol. The molecule has 84 valence electrons. The van der Waals surface area contributed by atoms with Crippen molar-refractivity contribution in [2.75, 3.05) is 7.04 Å². The summed E-state index contributed by atoms with van der Waals surface area (Å²) in [5.74, 6) is -2.70. The maximum Gasteiger partial charge on any atom is 0.317 e. The minimum absolute atomic E-state index is 0.504. The quantitative estimate of drug-likeness (QED) is 0.738. The summed E-state index contributed by atoms with van der Waals surface area (Å²) in [6.07, 6.45) is 0. The number of aromatic nitrogens is 3. The molecule has 2 rings (SSSR count). The SMILES string of the molecule is [2H]C([2H])([2H])Oc1nc(Cl)c(F)c2nc(O)nc(O)c12. The Labute approximate surface area is 97.5 Å². The Morgan fingerprint density at radius 1 is 1.38 bits per heavy atom. The summed E-state index contributed by atoms with van der Waals surface area (Å²) < 4.78 is 39.0. The molecule has 0 atom stereocenters. The van der Waals surface area contributed by atoms with Crippen molar-refractivity contribution in [2.24, 2.45) is 0 Å². The van der Waals surface area contributed by atoms with Crippen LogP contribution in [-0.2, 0) is 0 Å². The summed E-state index contributed by atoms with van der Waals surface area (Å²) in [6, 6.07) is -0.911. The number of ether oxygens (including phenoxy) is 1. The lowest BCUT2D eigenvalue weighted by Gasteiger charge is -2.07. The minimum atomic E-state index is -2.90. The molecule has 0 aromatic carbocycles. The smallest absolute Gasteiger partial charge is 0.317 e. The summed E-state index contributed by atoms with van der Waals surface area (Å²) >= 11 is 5.45. The van der Waals surface area contributed by atoms with E-state index < -0.39 is 46.7 Å². The highest BCUT2D eigenvalue weighted by Crippen LogP contribution is 2.34. The molecule has 0 radical (unpaired) electrons. The fraction of sp³-hybridized carbons (Fsp3) is 0.125. The van der Waals surface area contributed by atoms with E-state index in [-0.39, 0.29) is 0 Å². The van der Waals surface area contributed by atoms with Crippen LogP contribution in [0.3, 0.4) is 0 Å². The lowest BCUT2D eigenvalue weighted by atomic mass is 10.3. The summed E-state index contributed by atoms with van der Waals surface area (Å²) in [6.45, 7) is 0. The van der Waals surface area contributed by atoms with Crippen LogP contribution in [0.1, 0.15) is 4.11 Å². The molecule has 0 fully saturated rings. The molecule has 0 spiro atoms. The van der Waals surface area contributed by atoms with Crippen molar-refractivity contribution < 1.29 is 23.5 Å². The van der Waals surface area contributed by atoms with E-state index >= 15 is 0 Å². The van der Waals surface area contributed by atoms with Crippen molar-refractivity contribution in [1.29, 1.82) is 0 Å². The van der Waals surface area contributed by atoms with Gasteiger partial charge in [0, 0.05) is 0 Å². The fourth-order valence-corrected chi connectivity index (χ4v) is 1.33. The summed E-state index contributed by atoms with van der Waals surface area (Å²) in [5, 5.41) is 17.4. The standard InChI is InChI=1S/C8H5ClFN3O3/c1-16-7-2-4(3(10)5(9)12-7)11-8(15)13-6(2)14/h1H3,(H2,11,13,14,15)/i1D3. The number of fused-ring (bicyclic) bond motifs is 1. The van der Waals surface area contributed by atoms with Crippen molar-refractivity contribution in [3.05, 3.63) is 11.0 Å². The number of methoxy groups -OCH3 is 1. The Morgan fingerprint density at radius 3 is 2.81 bits per heavy atom. The maximum absolute atomic E-state index is 13.7. The zero-order valence-electron chi connectivity index (χ0n) is 10.4. The Bertz CT molecular complexity index is 667. The molecule has 2 heterocycles. The maximum atomic E-state index is 13.7. The van der Waals surface area contributed by atoms with Gasteiger partial charge in [0.1, 0.15) is 10.9 Å². The predicted octanol–water partition coefficient (Wildman–Crippen LogP) is 1.24. The van der Waals surface area contributed by atoms with Crippen LogP contribution in [0.15, 0.2) is 0 Å². The zero-order chi connectivity index (χ0) is 14.4. The molecular formula is C8H5ClFN3O3. The van der Waals surface area contributed by atoms with Gasteiger partial charge in [0.05, 0.1) is 11.2 Å². The molecule has 0 aliphatic carbocycles. The molecule has 0 amide bonds. The average Bonchev–Trinajstić information content (AvgIpc) is 2.22. The second-order valence-corrected chi connectivity index (χ2v) is 3.05. The van der Waals surface area contributed by atoms with Gasteiger partial charge in [-0.3, -0.25) is 0 Å². The van der Waals surface area contributed by atoms with Crippen LogP contribution in [0.2, 0.25) is 5.15 Å². The van der Waals surface area contributed by atoms with Crippen molar-refractivity contribution in [3.63, 3.8) is 0 Å². The van der Waals surface area contributed by atoms with Crippen LogP contribution in [0.25, 0.3) is 10.9 Å². The van der Waals surface area contributed by atoms with Crippen LogP contribution < -0.4 is 4.74 Å². The molecule has 2 aromatic rings. The van der Waals surface area contributed by atoms with Gasteiger partial charge in [-0.1, -0.05) is 11.6 Å². The van der Waals surface area contributed by atoms with Gasteiger partial charge in [0.15, 0.2) is 11.0 Å². The largest absolute Gasteiger partial charge is 0.493 e. The molecule has 0 saturated heterocycles. The first-order valence-electron chi connectivity index (χ1n) is 5.33. The normalized spacial score (nSPS) is 14.2. The molecule has 16 heavy (non-hydrogen) atoms. The Balaban J connectivity index is 2.81. The molecule has 2 aromatic heterocycles. The topological polar surface area (TPSA) is 88.4 Å². The Kier molecular flexibility index (Phi) is 1.66. The van der Waals surface area contributed by atoms with Gasteiger partial charge in [0.25, 0.3) is 0 Å². The van der Waals surface area contributed by atoms with Gasteiger partial charge in [-0.15, -0.1) is 0 Å². The number of pyridine rings is 1. The first-order valence-corrected chi connectivity index (χ1v) is 4.20. The summed E-state index contributed by atoms with van der Waals surface area (Å²) in [7, 11) is -2.90. The molecule has 8 heteroatoms. The van der Waals surface area contributed by atoms with Gasteiger partial charge < -0.3 is 14.9 Å². The molecule has 0 aliphatic rings. The van der Waals surface area contributed by atoms with E-state index in [1.807, 2.05) is 0 Å². The second-order valence-electron chi connectivity index (χ2n) is 2.69. The van der Waals surface area contributed by atoms with E-state index in [1.165, 1.54) is 0 Å². The van der Waals surface area contributed by atoms with Crippen molar-refractivity contribution in [2.45, 2.75) is 0 Å². The Morgan fingerprint density at radius 2 is 2.12 bits per heavy atom.